The molecule has 0 unspecified atom stereocenters. The predicted octanol–water partition coefficient (Wildman–Crippen LogP) is 3.98. The van der Waals surface area contributed by atoms with Crippen molar-refractivity contribution in [2.24, 2.45) is 0 Å². The van der Waals surface area contributed by atoms with E-state index in [0.717, 1.165) is 4.90 Å². The molecule has 0 aliphatic heterocycles. The van der Waals surface area contributed by atoms with E-state index in [1.165, 1.54) is 19.2 Å². The Bertz CT molecular complexity index is 777. The first-order chi connectivity index (χ1) is 12.0. The molecule has 7 nitrogen and oxygen atoms in total. The normalized spacial score (nSPS) is 10.2. The molecule has 0 aromatic heterocycles. The number of nitro benzene ring substituents is 1. The van der Waals surface area contributed by atoms with Crippen molar-refractivity contribution in [2.45, 2.75) is 11.8 Å². The summed E-state index contributed by atoms with van der Waals surface area (Å²) in [5, 5.41) is 14.0. The largest absolute Gasteiger partial charge is 0.493 e. The van der Waals surface area contributed by atoms with Crippen LogP contribution in [0.15, 0.2) is 41.3 Å². The van der Waals surface area contributed by atoms with Gasteiger partial charge in [0.05, 0.1) is 24.7 Å². The number of rotatable bonds is 7. The fourth-order valence-electron chi connectivity index (χ4n) is 2.18. The Hall–Kier alpha value is -2.74. The monoisotopic (exact) mass is 362 g/mol. The number of thioether (sulfide) groups is 1. The second-order valence-corrected chi connectivity index (χ2v) is 5.77. The number of ether oxygens (including phenoxy) is 2. The van der Waals surface area contributed by atoms with Crippen LogP contribution in [0.25, 0.3) is 0 Å². The maximum atomic E-state index is 12.5. The molecule has 0 heterocycles. The van der Waals surface area contributed by atoms with E-state index < -0.39 is 10.8 Å². The van der Waals surface area contributed by atoms with Crippen molar-refractivity contribution in [3.63, 3.8) is 0 Å². The molecule has 2 aromatic rings. The van der Waals surface area contributed by atoms with Crippen LogP contribution in [0.5, 0.6) is 11.5 Å². The minimum atomic E-state index is -0.617. The summed E-state index contributed by atoms with van der Waals surface area (Å²) >= 11 is 1.58. The van der Waals surface area contributed by atoms with Gasteiger partial charge in [-0.2, -0.15) is 0 Å². The second-order valence-electron chi connectivity index (χ2n) is 4.89. The number of nitrogens with zero attached hydrogens (tertiary/aromatic N) is 1. The lowest BCUT2D eigenvalue weighted by Gasteiger charge is -2.12. The van der Waals surface area contributed by atoms with E-state index in [1.54, 1.807) is 30.8 Å². The van der Waals surface area contributed by atoms with E-state index in [-0.39, 0.29) is 22.7 Å². The van der Waals surface area contributed by atoms with Crippen LogP contribution in [-0.2, 0) is 0 Å². The maximum absolute atomic E-state index is 12.5. The summed E-state index contributed by atoms with van der Waals surface area (Å²) in [7, 11) is 1.41. The molecule has 0 bridgehead atoms. The Kier molecular flexibility index (Phi) is 6.24. The first-order valence-corrected chi connectivity index (χ1v) is 8.67. The van der Waals surface area contributed by atoms with Crippen LogP contribution in [0.3, 0.4) is 0 Å². The van der Waals surface area contributed by atoms with Crippen molar-refractivity contribution in [3.8, 4) is 11.5 Å². The number of benzene rings is 2. The molecule has 2 rings (SSSR count). The van der Waals surface area contributed by atoms with Gasteiger partial charge in [0.1, 0.15) is 5.56 Å². The molecule has 0 saturated carbocycles. The number of nitro groups is 1. The minimum absolute atomic E-state index is 0.0979. The number of anilines is 1. The first-order valence-electron chi connectivity index (χ1n) is 7.44. The maximum Gasteiger partial charge on any atom is 0.286 e. The molecule has 1 N–H and O–H groups in total. The molecule has 0 spiro atoms. The standard InChI is InChI=1S/C17H18N2O5S/c1-4-24-16-10-14(19(21)22)13(9-15(16)23-2)17(20)18-11-5-7-12(25-3)8-6-11/h5-10H,4H2,1-3H3,(H,18,20). The smallest absolute Gasteiger partial charge is 0.286 e. The van der Waals surface area contributed by atoms with E-state index in [0.29, 0.717) is 12.3 Å². The molecule has 0 radical (unpaired) electrons. The fraction of sp³-hybridized carbons (Fsp3) is 0.235. The lowest BCUT2D eigenvalue weighted by Crippen LogP contribution is -2.14. The third-order valence-corrected chi connectivity index (χ3v) is 4.11. The number of hydrogen-bond donors (Lipinski definition) is 1. The summed E-state index contributed by atoms with van der Waals surface area (Å²) in [6.07, 6.45) is 1.95. The van der Waals surface area contributed by atoms with Crippen molar-refractivity contribution in [1.29, 1.82) is 0 Å². The van der Waals surface area contributed by atoms with Crippen LogP contribution in [0.1, 0.15) is 17.3 Å². The molecule has 0 saturated heterocycles. The number of amides is 1. The van der Waals surface area contributed by atoms with E-state index in [2.05, 4.69) is 5.32 Å². The van der Waals surface area contributed by atoms with Crippen molar-refractivity contribution < 1.29 is 19.2 Å². The number of nitrogens with one attached hydrogen (secondary N) is 1. The fourth-order valence-corrected chi connectivity index (χ4v) is 2.59. The van der Waals surface area contributed by atoms with Gasteiger partial charge in [0.25, 0.3) is 11.6 Å². The summed E-state index contributed by atoms with van der Waals surface area (Å²) in [6.45, 7) is 2.07. The van der Waals surface area contributed by atoms with Crippen molar-refractivity contribution >= 4 is 29.0 Å². The molecular formula is C17H18N2O5S. The van der Waals surface area contributed by atoms with Gasteiger partial charge in [0.15, 0.2) is 11.5 Å². The van der Waals surface area contributed by atoms with Crippen LogP contribution in [0.4, 0.5) is 11.4 Å². The zero-order valence-electron chi connectivity index (χ0n) is 14.1. The van der Waals surface area contributed by atoms with Crippen LogP contribution >= 0.6 is 11.8 Å². The minimum Gasteiger partial charge on any atom is -0.493 e. The van der Waals surface area contributed by atoms with Crippen molar-refractivity contribution in [2.75, 3.05) is 25.3 Å². The lowest BCUT2D eigenvalue weighted by atomic mass is 10.1. The highest BCUT2D eigenvalue weighted by Gasteiger charge is 2.24. The molecular weight excluding hydrogens is 344 g/mol. The Balaban J connectivity index is 2.37. The van der Waals surface area contributed by atoms with E-state index in [9.17, 15) is 14.9 Å². The molecule has 0 fully saturated rings. The molecule has 8 heteroatoms. The van der Waals surface area contributed by atoms with Gasteiger partial charge in [-0.15, -0.1) is 11.8 Å². The quantitative estimate of drug-likeness (QED) is 0.455. The summed E-state index contributed by atoms with van der Waals surface area (Å²) in [4.78, 5) is 24.3. The number of methoxy groups -OCH3 is 1. The summed E-state index contributed by atoms with van der Waals surface area (Å²) in [6, 6.07) is 9.70. The predicted molar refractivity (Wildman–Crippen MR) is 97.0 cm³/mol. The van der Waals surface area contributed by atoms with Gasteiger partial charge in [-0.1, -0.05) is 0 Å². The average molecular weight is 362 g/mol. The van der Waals surface area contributed by atoms with Gasteiger partial charge >= 0.3 is 0 Å². The van der Waals surface area contributed by atoms with Crippen molar-refractivity contribution in [3.05, 3.63) is 52.1 Å². The van der Waals surface area contributed by atoms with E-state index >= 15 is 0 Å². The van der Waals surface area contributed by atoms with Crippen LogP contribution in [0.2, 0.25) is 0 Å². The highest BCUT2D eigenvalue weighted by molar-refractivity contribution is 7.98. The van der Waals surface area contributed by atoms with Crippen LogP contribution in [-0.4, -0.2) is 30.8 Å². The van der Waals surface area contributed by atoms with E-state index in [1.807, 2.05) is 18.4 Å². The Morgan fingerprint density at radius 2 is 1.92 bits per heavy atom. The molecule has 0 aliphatic rings. The van der Waals surface area contributed by atoms with Gasteiger partial charge in [0.2, 0.25) is 0 Å². The molecule has 0 aliphatic carbocycles. The van der Waals surface area contributed by atoms with E-state index in [4.69, 9.17) is 9.47 Å². The lowest BCUT2D eigenvalue weighted by molar-refractivity contribution is -0.385. The Morgan fingerprint density at radius 1 is 1.24 bits per heavy atom. The Labute approximate surface area is 149 Å². The molecule has 2 aromatic carbocycles. The number of hydrogen-bond acceptors (Lipinski definition) is 6. The summed E-state index contributed by atoms with van der Waals surface area (Å²) in [5.41, 5.74) is 0.103. The van der Waals surface area contributed by atoms with Gasteiger partial charge in [-0.3, -0.25) is 14.9 Å². The van der Waals surface area contributed by atoms with Gasteiger partial charge in [-0.25, -0.2) is 0 Å². The number of carbonyl (C=O) groups is 1. The summed E-state index contributed by atoms with van der Waals surface area (Å²) in [5.74, 6) is -0.113. The van der Waals surface area contributed by atoms with Crippen LogP contribution in [0, 0.1) is 10.1 Å². The molecule has 0 atom stereocenters. The highest BCUT2D eigenvalue weighted by atomic mass is 32.2. The number of carbonyl (C=O) groups excluding carboxylic acids is 1. The third-order valence-electron chi connectivity index (χ3n) is 3.37. The molecule has 1 amide bonds. The zero-order valence-corrected chi connectivity index (χ0v) is 14.9. The molecule has 132 valence electrons. The second kappa shape index (κ2) is 8.39. The summed E-state index contributed by atoms with van der Waals surface area (Å²) < 4.78 is 10.5. The van der Waals surface area contributed by atoms with Gasteiger partial charge in [0, 0.05) is 16.6 Å². The van der Waals surface area contributed by atoms with Gasteiger partial charge < -0.3 is 14.8 Å². The first kappa shape index (κ1) is 18.6. The highest BCUT2D eigenvalue weighted by Crippen LogP contribution is 2.35. The third kappa shape index (κ3) is 4.42. The SMILES string of the molecule is CCOc1cc([N+](=O)[O-])c(C(=O)Nc2ccc(SC)cc2)cc1OC. The Morgan fingerprint density at radius 3 is 2.44 bits per heavy atom. The van der Waals surface area contributed by atoms with Crippen molar-refractivity contribution in [1.82, 2.24) is 0 Å². The molecule has 25 heavy (non-hydrogen) atoms. The average Bonchev–Trinajstić information content (AvgIpc) is 2.62. The van der Waals surface area contributed by atoms with Crippen LogP contribution < -0.4 is 14.8 Å². The zero-order chi connectivity index (χ0) is 18.4. The topological polar surface area (TPSA) is 90.7 Å². The van der Waals surface area contributed by atoms with Gasteiger partial charge in [-0.05, 0) is 37.4 Å².